The van der Waals surface area contributed by atoms with Crippen LogP contribution in [0.4, 0.5) is 4.39 Å². The van der Waals surface area contributed by atoms with Gasteiger partial charge in [0.25, 0.3) is 5.91 Å². The molecule has 0 spiro atoms. The van der Waals surface area contributed by atoms with E-state index in [0.29, 0.717) is 22.5 Å². The molecular weight excluding hydrogens is 551 g/mol. The average Bonchev–Trinajstić information content (AvgIpc) is 3.35. The second-order valence-corrected chi connectivity index (χ2v) is 13.1. The number of Topliss-reactive ketones (excluding diaryl/α,β-unsaturated/α-hetero) is 1. The van der Waals surface area contributed by atoms with E-state index in [9.17, 15) is 18.8 Å². The predicted molar refractivity (Wildman–Crippen MR) is 160 cm³/mol. The number of nitrogens with zero attached hydrogens (tertiary/aromatic N) is 3. The van der Waals surface area contributed by atoms with Crippen molar-refractivity contribution in [2.45, 2.75) is 98.2 Å². The molecule has 1 N–H and O–H groups in total. The van der Waals surface area contributed by atoms with Crippen LogP contribution in [-0.4, -0.2) is 51.0 Å². The molecular formula is C33H43FN4O5. The summed E-state index contributed by atoms with van der Waals surface area (Å²) in [6, 6.07) is 7.28. The van der Waals surface area contributed by atoms with Gasteiger partial charge in [0.05, 0.1) is 24.4 Å². The minimum Gasteiger partial charge on any atom is -0.464 e. The number of benzene rings is 1. The van der Waals surface area contributed by atoms with Crippen LogP contribution in [0.15, 0.2) is 30.3 Å². The highest BCUT2D eigenvalue weighted by molar-refractivity contribution is 5.96. The number of hydrogen-bond donors (Lipinski definition) is 1. The van der Waals surface area contributed by atoms with Crippen LogP contribution in [0.3, 0.4) is 0 Å². The van der Waals surface area contributed by atoms with Crippen molar-refractivity contribution < 1.29 is 28.2 Å². The van der Waals surface area contributed by atoms with Crippen LogP contribution in [0.25, 0.3) is 5.65 Å². The molecule has 1 atom stereocenters. The fourth-order valence-corrected chi connectivity index (χ4v) is 5.62. The number of rotatable bonds is 10. The van der Waals surface area contributed by atoms with E-state index in [4.69, 9.17) is 14.5 Å². The van der Waals surface area contributed by atoms with Crippen LogP contribution in [0, 0.1) is 18.2 Å². The van der Waals surface area contributed by atoms with Gasteiger partial charge in [0.1, 0.15) is 5.82 Å². The maximum atomic E-state index is 13.3. The van der Waals surface area contributed by atoms with Gasteiger partial charge in [-0.25, -0.2) is 18.7 Å². The van der Waals surface area contributed by atoms with Crippen molar-refractivity contribution in [3.63, 3.8) is 0 Å². The molecule has 43 heavy (non-hydrogen) atoms. The number of hydrogen-bond acceptors (Lipinski definition) is 7. The molecule has 1 unspecified atom stereocenters. The van der Waals surface area contributed by atoms with E-state index in [2.05, 4.69) is 24.3 Å². The van der Waals surface area contributed by atoms with Crippen molar-refractivity contribution in [1.29, 1.82) is 0 Å². The van der Waals surface area contributed by atoms with Crippen LogP contribution in [-0.2, 0) is 25.5 Å². The van der Waals surface area contributed by atoms with Crippen LogP contribution >= 0.6 is 0 Å². The number of ketones is 1. The zero-order valence-corrected chi connectivity index (χ0v) is 26.3. The summed E-state index contributed by atoms with van der Waals surface area (Å²) in [4.78, 5) is 43.8. The Kier molecular flexibility index (Phi) is 9.69. The molecule has 232 valence electrons. The van der Waals surface area contributed by atoms with Crippen molar-refractivity contribution in [3.05, 3.63) is 64.4 Å². The second kappa shape index (κ2) is 12.9. The molecule has 0 saturated heterocycles. The first-order valence-corrected chi connectivity index (χ1v) is 15.0. The fourth-order valence-electron chi connectivity index (χ4n) is 5.62. The Hall–Kier alpha value is -3.66. The number of esters is 1. The van der Waals surface area contributed by atoms with Gasteiger partial charge < -0.3 is 14.8 Å². The summed E-state index contributed by atoms with van der Waals surface area (Å²) in [5.74, 6) is -1.55. The minimum atomic E-state index is -1.02. The summed E-state index contributed by atoms with van der Waals surface area (Å²) in [5.41, 5.74) is 2.82. The highest BCUT2D eigenvalue weighted by atomic mass is 19.1. The number of amides is 1. The Bertz CT molecular complexity index is 1480. The van der Waals surface area contributed by atoms with E-state index in [0.717, 1.165) is 31.4 Å². The van der Waals surface area contributed by atoms with Crippen molar-refractivity contribution in [1.82, 2.24) is 19.9 Å². The highest BCUT2D eigenvalue weighted by Gasteiger charge is 2.38. The average molecular weight is 595 g/mol. The number of carbonyl (C=O) groups excluding carboxylic acids is 3. The smallest absolute Gasteiger partial charge is 0.340 e. The summed E-state index contributed by atoms with van der Waals surface area (Å²) in [5, 5.41) is 7.32. The topological polar surface area (TPSA) is 112 Å². The zero-order chi connectivity index (χ0) is 31.5. The Morgan fingerprint density at radius 3 is 2.40 bits per heavy atom. The maximum absolute atomic E-state index is 13.3. The Morgan fingerprint density at radius 2 is 1.79 bits per heavy atom. The van der Waals surface area contributed by atoms with Crippen LogP contribution in [0.1, 0.15) is 112 Å². The molecule has 0 aliphatic heterocycles. The quantitative estimate of drug-likeness (QED) is 0.294. The molecule has 2 aromatic heterocycles. The predicted octanol–water partition coefficient (Wildman–Crippen LogP) is 5.82. The summed E-state index contributed by atoms with van der Waals surface area (Å²) in [6.07, 6.45) is 2.80. The standard InChI is InChI=1S/C33H43FN4O5/c1-8-42-31(41)29(43-32(3,4)5)27-20(2)36-26-18-25(37-38(26)28(27)22-13-15-33(6,7)16-14-22)30(40)35-19-24(39)17-21-9-11-23(34)12-10-21/h9-12,18,22,29H,8,13-17,19H2,1-7H3,(H,35,40). The Balaban J connectivity index is 1.70. The van der Waals surface area contributed by atoms with E-state index in [1.54, 1.807) is 29.6 Å². The number of aromatic nitrogens is 3. The van der Waals surface area contributed by atoms with Gasteiger partial charge in [0, 0.05) is 29.7 Å². The van der Waals surface area contributed by atoms with Crippen LogP contribution in [0.5, 0.6) is 0 Å². The van der Waals surface area contributed by atoms with Gasteiger partial charge in [-0.15, -0.1) is 0 Å². The van der Waals surface area contributed by atoms with E-state index in [1.807, 2.05) is 27.7 Å². The second-order valence-electron chi connectivity index (χ2n) is 13.1. The van der Waals surface area contributed by atoms with Crippen LogP contribution in [0.2, 0.25) is 0 Å². The molecule has 1 aliphatic carbocycles. The molecule has 9 nitrogen and oxygen atoms in total. The van der Waals surface area contributed by atoms with Gasteiger partial charge in [-0.3, -0.25) is 9.59 Å². The van der Waals surface area contributed by atoms with Crippen molar-refractivity contribution in [2.24, 2.45) is 5.41 Å². The first kappa shape index (κ1) is 32.3. The third-order valence-electron chi connectivity index (χ3n) is 7.82. The summed E-state index contributed by atoms with van der Waals surface area (Å²) >= 11 is 0. The molecule has 1 saturated carbocycles. The maximum Gasteiger partial charge on any atom is 0.340 e. The van der Waals surface area contributed by atoms with E-state index in [-0.39, 0.29) is 48.2 Å². The van der Waals surface area contributed by atoms with Gasteiger partial charge in [-0.2, -0.15) is 5.10 Å². The zero-order valence-electron chi connectivity index (χ0n) is 26.3. The number of halogens is 1. The van der Waals surface area contributed by atoms with Crippen molar-refractivity contribution in [3.8, 4) is 0 Å². The van der Waals surface area contributed by atoms with Crippen molar-refractivity contribution >= 4 is 23.3 Å². The lowest BCUT2D eigenvalue weighted by Crippen LogP contribution is -2.32. The first-order valence-electron chi connectivity index (χ1n) is 15.0. The largest absolute Gasteiger partial charge is 0.464 e. The molecule has 2 heterocycles. The highest BCUT2D eigenvalue weighted by Crippen LogP contribution is 2.45. The normalized spacial score (nSPS) is 16.2. The van der Waals surface area contributed by atoms with Gasteiger partial charge in [0.2, 0.25) is 0 Å². The lowest BCUT2D eigenvalue weighted by Gasteiger charge is -2.36. The molecule has 4 rings (SSSR count). The third kappa shape index (κ3) is 8.04. The lowest BCUT2D eigenvalue weighted by molar-refractivity contribution is -0.167. The molecule has 0 radical (unpaired) electrons. The van der Waals surface area contributed by atoms with Gasteiger partial charge >= 0.3 is 5.97 Å². The Morgan fingerprint density at radius 1 is 1.14 bits per heavy atom. The summed E-state index contributed by atoms with van der Waals surface area (Å²) < 4.78 is 26.6. The number of aryl methyl sites for hydroxylation is 1. The summed E-state index contributed by atoms with van der Waals surface area (Å²) in [6.45, 7) is 13.8. The van der Waals surface area contributed by atoms with Gasteiger partial charge in [0.15, 0.2) is 23.2 Å². The first-order chi connectivity index (χ1) is 20.2. The molecule has 1 aromatic carbocycles. The number of nitrogens with one attached hydrogen (secondary N) is 1. The summed E-state index contributed by atoms with van der Waals surface area (Å²) in [7, 11) is 0. The van der Waals surface area contributed by atoms with E-state index in [1.165, 1.54) is 12.1 Å². The molecule has 10 heteroatoms. The third-order valence-corrected chi connectivity index (χ3v) is 7.82. The monoisotopic (exact) mass is 594 g/mol. The van der Waals surface area contributed by atoms with Gasteiger partial charge in [-0.1, -0.05) is 26.0 Å². The number of carbonyl (C=O) groups is 3. The SMILES string of the molecule is CCOC(=O)C(OC(C)(C)C)c1c(C)nc2cc(C(=O)NCC(=O)Cc3ccc(F)cc3)nn2c1C1CCC(C)(C)CC1. The Labute approximate surface area is 252 Å². The number of fused-ring (bicyclic) bond motifs is 1. The molecule has 1 amide bonds. The van der Waals surface area contributed by atoms with E-state index < -0.39 is 23.6 Å². The van der Waals surface area contributed by atoms with E-state index >= 15 is 0 Å². The number of ether oxygens (including phenoxy) is 2. The fraction of sp³-hybridized carbons (Fsp3) is 0.545. The van der Waals surface area contributed by atoms with Crippen LogP contribution < -0.4 is 5.32 Å². The molecule has 1 aliphatic rings. The molecule has 0 bridgehead atoms. The van der Waals surface area contributed by atoms with Gasteiger partial charge in [-0.05, 0) is 83.4 Å². The van der Waals surface area contributed by atoms with Crippen molar-refractivity contribution in [2.75, 3.05) is 13.2 Å². The minimum absolute atomic E-state index is 0.0563. The lowest BCUT2D eigenvalue weighted by atomic mass is 9.71. The molecule has 1 fully saturated rings. The molecule has 3 aromatic rings.